The molecule has 0 unspecified atom stereocenters. The Labute approximate surface area is 209 Å². The number of nitrogens with zero attached hydrogens (tertiary/aromatic N) is 5. The average Bonchev–Trinajstić information content (AvgIpc) is 3.41. The highest BCUT2D eigenvalue weighted by Crippen LogP contribution is 2.24. The molecular weight excluding hydrogens is 456 g/mol. The van der Waals surface area contributed by atoms with Crippen LogP contribution < -0.4 is 11.0 Å². The molecule has 2 aromatic heterocycles. The fourth-order valence-corrected chi connectivity index (χ4v) is 4.98. The third-order valence-corrected chi connectivity index (χ3v) is 6.77. The van der Waals surface area contributed by atoms with Gasteiger partial charge in [0.15, 0.2) is 0 Å². The summed E-state index contributed by atoms with van der Waals surface area (Å²) in [5.74, 6) is 0.774. The highest BCUT2D eigenvalue weighted by molar-refractivity contribution is 5.84. The van der Waals surface area contributed by atoms with E-state index in [9.17, 15) is 9.59 Å². The van der Waals surface area contributed by atoms with Gasteiger partial charge in [-0.2, -0.15) is 4.98 Å². The third kappa shape index (κ3) is 4.97. The van der Waals surface area contributed by atoms with Crippen molar-refractivity contribution in [3.05, 3.63) is 70.5 Å². The van der Waals surface area contributed by atoms with Gasteiger partial charge in [0.2, 0.25) is 17.6 Å². The normalized spacial score (nSPS) is 15.1. The summed E-state index contributed by atoms with van der Waals surface area (Å²) in [6.07, 6.45) is 1.78. The van der Waals surface area contributed by atoms with Gasteiger partial charge in [-0.25, -0.2) is 4.79 Å². The number of hydrogen-bond donors (Lipinski definition) is 1. The number of benzene rings is 2. The molecule has 1 N–H and O–H groups in total. The molecule has 0 saturated carbocycles. The summed E-state index contributed by atoms with van der Waals surface area (Å²) < 4.78 is 8.38. The predicted octanol–water partition coefficient (Wildman–Crippen LogP) is 3.52. The van der Waals surface area contributed by atoms with Crippen LogP contribution in [0.3, 0.4) is 0 Å². The molecule has 1 aliphatic rings. The number of rotatable bonds is 7. The highest BCUT2D eigenvalue weighted by atomic mass is 16.5. The number of nitrogens with one attached hydrogen (secondary N) is 1. The van der Waals surface area contributed by atoms with Gasteiger partial charge >= 0.3 is 5.69 Å². The minimum Gasteiger partial charge on any atom is -0.352 e. The second-order valence-corrected chi connectivity index (χ2v) is 9.78. The fourth-order valence-electron chi connectivity index (χ4n) is 4.98. The van der Waals surface area contributed by atoms with E-state index in [0.29, 0.717) is 17.2 Å². The lowest BCUT2D eigenvalue weighted by Gasteiger charge is -2.32. The van der Waals surface area contributed by atoms with Crippen molar-refractivity contribution in [2.24, 2.45) is 0 Å². The Morgan fingerprint density at radius 2 is 1.86 bits per heavy atom. The lowest BCUT2D eigenvalue weighted by atomic mass is 10.0. The lowest BCUT2D eigenvalue weighted by Crippen LogP contribution is -2.45. The summed E-state index contributed by atoms with van der Waals surface area (Å²) in [5, 5.41) is 7.15. The van der Waals surface area contributed by atoms with Crippen LogP contribution in [0.25, 0.3) is 22.4 Å². The third-order valence-electron chi connectivity index (χ3n) is 6.77. The van der Waals surface area contributed by atoms with Crippen LogP contribution in [0.5, 0.6) is 0 Å². The number of likely N-dealkylation sites (tertiary alicyclic amines) is 1. The Balaban J connectivity index is 1.30. The largest absolute Gasteiger partial charge is 0.352 e. The molecule has 0 atom stereocenters. The number of fused-ring (bicyclic) bond motifs is 1. The second-order valence-electron chi connectivity index (χ2n) is 9.78. The molecule has 2 aromatic carbocycles. The van der Waals surface area contributed by atoms with Crippen molar-refractivity contribution >= 4 is 16.9 Å². The summed E-state index contributed by atoms with van der Waals surface area (Å²) in [6, 6.07) is 16.1. The molecule has 4 aromatic rings. The van der Waals surface area contributed by atoms with Crippen molar-refractivity contribution < 1.29 is 9.32 Å². The standard InChI is InChI=1S/C27H32N6O3/c1-18(2)33-23-10-9-21(26-28-19(3)36-30-26)15-24(23)32(27(33)35)17-25(34)29-22-11-13-31(14-12-22)16-20-7-5-4-6-8-20/h4-10,15,18,22H,11-14,16-17H2,1-3H3,(H,29,34). The summed E-state index contributed by atoms with van der Waals surface area (Å²) in [5.41, 5.74) is 3.30. The number of aromatic nitrogens is 4. The predicted molar refractivity (Wildman–Crippen MR) is 137 cm³/mol. The van der Waals surface area contributed by atoms with Gasteiger partial charge in [0, 0.05) is 44.2 Å². The molecule has 1 saturated heterocycles. The lowest BCUT2D eigenvalue weighted by molar-refractivity contribution is -0.122. The van der Waals surface area contributed by atoms with E-state index in [0.717, 1.165) is 43.6 Å². The van der Waals surface area contributed by atoms with Gasteiger partial charge in [-0.1, -0.05) is 35.5 Å². The molecule has 5 rings (SSSR count). The number of carbonyl (C=O) groups excluding carboxylic acids is 1. The number of carbonyl (C=O) groups is 1. The molecule has 0 spiro atoms. The SMILES string of the molecule is Cc1nc(-c2ccc3c(c2)n(CC(=O)NC2CCN(Cc4ccccc4)CC2)c(=O)n3C(C)C)no1. The van der Waals surface area contributed by atoms with E-state index in [-0.39, 0.29) is 30.2 Å². The first-order chi connectivity index (χ1) is 17.4. The van der Waals surface area contributed by atoms with Crippen LogP contribution in [0.1, 0.15) is 44.2 Å². The molecule has 9 heteroatoms. The van der Waals surface area contributed by atoms with Crippen LogP contribution in [0.2, 0.25) is 0 Å². The zero-order valence-electron chi connectivity index (χ0n) is 21.0. The maximum atomic E-state index is 13.3. The van der Waals surface area contributed by atoms with Crippen molar-refractivity contribution in [2.45, 2.75) is 58.8 Å². The summed E-state index contributed by atoms with van der Waals surface area (Å²) >= 11 is 0. The smallest absolute Gasteiger partial charge is 0.329 e. The zero-order valence-corrected chi connectivity index (χ0v) is 21.0. The molecule has 188 valence electrons. The van der Waals surface area contributed by atoms with Gasteiger partial charge in [-0.05, 0) is 50.5 Å². The fraction of sp³-hybridized carbons (Fsp3) is 0.407. The van der Waals surface area contributed by atoms with E-state index in [1.165, 1.54) is 5.56 Å². The molecular formula is C27H32N6O3. The molecule has 9 nitrogen and oxygen atoms in total. The Kier molecular flexibility index (Phi) is 6.73. The highest BCUT2D eigenvalue weighted by Gasteiger charge is 2.23. The monoisotopic (exact) mass is 488 g/mol. The molecule has 0 bridgehead atoms. The quantitative estimate of drug-likeness (QED) is 0.427. The van der Waals surface area contributed by atoms with Crippen molar-refractivity contribution in [1.29, 1.82) is 0 Å². The van der Waals surface area contributed by atoms with E-state index < -0.39 is 0 Å². The van der Waals surface area contributed by atoms with Crippen molar-refractivity contribution in [3.63, 3.8) is 0 Å². The maximum Gasteiger partial charge on any atom is 0.329 e. The van der Waals surface area contributed by atoms with Crippen molar-refractivity contribution in [1.82, 2.24) is 29.5 Å². The summed E-state index contributed by atoms with van der Waals surface area (Å²) in [7, 11) is 0. The van der Waals surface area contributed by atoms with E-state index in [4.69, 9.17) is 4.52 Å². The number of amides is 1. The van der Waals surface area contributed by atoms with Crippen molar-refractivity contribution in [2.75, 3.05) is 13.1 Å². The molecule has 0 aliphatic carbocycles. The number of aryl methyl sites for hydroxylation is 1. The Hall–Kier alpha value is -3.72. The van der Waals surface area contributed by atoms with Crippen LogP contribution >= 0.6 is 0 Å². The maximum absolute atomic E-state index is 13.3. The first kappa shape index (κ1) is 24.0. The minimum atomic E-state index is -0.200. The van der Waals surface area contributed by atoms with Gasteiger partial charge in [0.25, 0.3) is 0 Å². The Bertz CT molecular complexity index is 1410. The number of imidazole rings is 1. The van der Waals surface area contributed by atoms with E-state index in [1.807, 2.05) is 38.1 Å². The Morgan fingerprint density at radius 1 is 1.11 bits per heavy atom. The second kappa shape index (κ2) is 10.1. The van der Waals surface area contributed by atoms with Gasteiger partial charge in [-0.15, -0.1) is 0 Å². The molecule has 3 heterocycles. The van der Waals surface area contributed by atoms with Crippen LogP contribution in [0, 0.1) is 6.92 Å². The molecule has 0 radical (unpaired) electrons. The van der Waals surface area contributed by atoms with Crippen LogP contribution in [0.15, 0.2) is 57.8 Å². The average molecular weight is 489 g/mol. The molecule has 1 aliphatic heterocycles. The first-order valence-corrected chi connectivity index (χ1v) is 12.5. The minimum absolute atomic E-state index is 0.0337. The summed E-state index contributed by atoms with van der Waals surface area (Å²) in [6.45, 7) is 8.41. The van der Waals surface area contributed by atoms with E-state index in [1.54, 1.807) is 16.1 Å². The number of hydrogen-bond acceptors (Lipinski definition) is 6. The van der Waals surface area contributed by atoms with Gasteiger partial charge in [-0.3, -0.25) is 18.8 Å². The van der Waals surface area contributed by atoms with Crippen LogP contribution in [0.4, 0.5) is 0 Å². The molecule has 1 amide bonds. The summed E-state index contributed by atoms with van der Waals surface area (Å²) in [4.78, 5) is 33.1. The molecule has 36 heavy (non-hydrogen) atoms. The number of piperidine rings is 1. The molecule has 1 fully saturated rings. The van der Waals surface area contributed by atoms with Gasteiger partial charge in [0.05, 0.1) is 11.0 Å². The first-order valence-electron chi connectivity index (χ1n) is 12.5. The van der Waals surface area contributed by atoms with Crippen LogP contribution in [-0.2, 0) is 17.9 Å². The zero-order chi connectivity index (χ0) is 25.2. The topological polar surface area (TPSA) is 98.2 Å². The van der Waals surface area contributed by atoms with E-state index in [2.05, 4.69) is 44.6 Å². The van der Waals surface area contributed by atoms with Gasteiger partial charge in [0.1, 0.15) is 6.54 Å². The van der Waals surface area contributed by atoms with Gasteiger partial charge < -0.3 is 9.84 Å². The Morgan fingerprint density at radius 3 is 2.53 bits per heavy atom. The van der Waals surface area contributed by atoms with Crippen molar-refractivity contribution in [3.8, 4) is 11.4 Å². The van der Waals surface area contributed by atoms with E-state index >= 15 is 0 Å². The van der Waals surface area contributed by atoms with Crippen LogP contribution in [-0.4, -0.2) is 49.2 Å².